The molecule has 0 aliphatic carbocycles. The average molecular weight is 279 g/mol. The van der Waals surface area contributed by atoms with E-state index < -0.39 is 5.97 Å². The lowest BCUT2D eigenvalue weighted by Crippen LogP contribution is -2.04. The van der Waals surface area contributed by atoms with Crippen LogP contribution < -0.4 is 4.74 Å². The molecule has 0 aliphatic heterocycles. The molecule has 0 radical (unpaired) electrons. The molecule has 1 aromatic rings. The van der Waals surface area contributed by atoms with Crippen LogP contribution in [0.3, 0.4) is 0 Å². The zero-order valence-electron chi connectivity index (χ0n) is 12.5. The Hall–Kier alpha value is -1.58. The predicted octanol–water partition coefficient (Wildman–Crippen LogP) is 4.08. The molecule has 4 nitrogen and oxygen atoms in total. The summed E-state index contributed by atoms with van der Waals surface area (Å²) in [6.45, 7) is 4.76. The van der Waals surface area contributed by atoms with Crippen molar-refractivity contribution in [2.75, 3.05) is 6.61 Å². The molecule has 1 rings (SSSR count). The van der Waals surface area contributed by atoms with E-state index >= 15 is 0 Å². The van der Waals surface area contributed by atoms with Gasteiger partial charge in [-0.1, -0.05) is 46.0 Å². The molecular formula is C16H25NO3. The number of hydrogen-bond acceptors (Lipinski definition) is 3. The van der Waals surface area contributed by atoms with Crippen LogP contribution in [0.2, 0.25) is 0 Å². The van der Waals surface area contributed by atoms with Gasteiger partial charge in [-0.25, -0.2) is 9.78 Å². The topological polar surface area (TPSA) is 59.4 Å². The second kappa shape index (κ2) is 9.34. The Morgan fingerprint density at radius 3 is 2.50 bits per heavy atom. The zero-order chi connectivity index (χ0) is 14.8. The zero-order valence-corrected chi connectivity index (χ0v) is 12.5. The number of rotatable bonds is 10. The molecule has 0 fully saturated rings. The van der Waals surface area contributed by atoms with Crippen molar-refractivity contribution >= 4 is 5.97 Å². The summed E-state index contributed by atoms with van der Waals surface area (Å²) in [6, 6.07) is 3.10. The van der Waals surface area contributed by atoms with E-state index in [2.05, 4.69) is 11.9 Å². The first kappa shape index (κ1) is 16.5. The third-order valence-corrected chi connectivity index (χ3v) is 3.21. The van der Waals surface area contributed by atoms with E-state index in [0.29, 0.717) is 18.9 Å². The van der Waals surface area contributed by atoms with Crippen molar-refractivity contribution in [3.8, 4) is 5.88 Å². The van der Waals surface area contributed by atoms with Gasteiger partial charge in [0.05, 0.1) is 12.2 Å². The lowest BCUT2D eigenvalue weighted by atomic mass is 10.1. The largest absolute Gasteiger partial charge is 0.478 e. The summed E-state index contributed by atoms with van der Waals surface area (Å²) in [4.78, 5) is 15.3. The second-order valence-corrected chi connectivity index (χ2v) is 4.96. The number of carboxylic acids is 1. The number of aromatic nitrogens is 1. The number of pyridine rings is 1. The lowest BCUT2D eigenvalue weighted by Gasteiger charge is -2.08. The maximum absolute atomic E-state index is 11.0. The number of unbranched alkanes of at least 4 members (excludes halogenated alkanes) is 5. The van der Waals surface area contributed by atoms with Crippen LogP contribution >= 0.6 is 0 Å². The molecule has 1 aromatic heterocycles. The van der Waals surface area contributed by atoms with Crippen LogP contribution in [0.15, 0.2) is 12.1 Å². The van der Waals surface area contributed by atoms with Crippen molar-refractivity contribution < 1.29 is 14.6 Å². The van der Waals surface area contributed by atoms with E-state index in [1.165, 1.54) is 31.7 Å². The smallest absolute Gasteiger partial charge is 0.335 e. The van der Waals surface area contributed by atoms with Gasteiger partial charge in [-0.15, -0.1) is 0 Å². The Balaban J connectivity index is 2.39. The SMILES string of the molecule is CCCCCCCCOc1cc(C(=O)O)cc(CC)n1. The average Bonchev–Trinajstić information content (AvgIpc) is 2.46. The van der Waals surface area contributed by atoms with Gasteiger partial charge in [0.1, 0.15) is 0 Å². The maximum Gasteiger partial charge on any atom is 0.335 e. The third-order valence-electron chi connectivity index (χ3n) is 3.21. The van der Waals surface area contributed by atoms with Gasteiger partial charge in [0.15, 0.2) is 0 Å². The van der Waals surface area contributed by atoms with Crippen LogP contribution in [0.25, 0.3) is 0 Å². The lowest BCUT2D eigenvalue weighted by molar-refractivity contribution is 0.0696. The third kappa shape index (κ3) is 6.04. The fourth-order valence-corrected chi connectivity index (χ4v) is 2.00. The molecule has 1 N–H and O–H groups in total. The molecule has 0 aliphatic rings. The normalized spacial score (nSPS) is 10.5. The highest BCUT2D eigenvalue weighted by atomic mass is 16.5. The van der Waals surface area contributed by atoms with E-state index in [9.17, 15) is 4.79 Å². The van der Waals surface area contributed by atoms with Crippen LogP contribution in [0.1, 0.15) is 68.4 Å². The highest BCUT2D eigenvalue weighted by molar-refractivity contribution is 5.88. The fraction of sp³-hybridized carbons (Fsp3) is 0.625. The summed E-state index contributed by atoms with van der Waals surface area (Å²) in [5.74, 6) is -0.512. The van der Waals surface area contributed by atoms with Gasteiger partial charge in [0.2, 0.25) is 5.88 Å². The fourth-order valence-electron chi connectivity index (χ4n) is 2.00. The Labute approximate surface area is 121 Å². The summed E-state index contributed by atoms with van der Waals surface area (Å²) in [5, 5.41) is 9.04. The first-order valence-corrected chi connectivity index (χ1v) is 7.54. The van der Waals surface area contributed by atoms with E-state index in [0.717, 1.165) is 18.5 Å². The molecule has 0 spiro atoms. The molecule has 0 saturated carbocycles. The van der Waals surface area contributed by atoms with Gasteiger partial charge in [-0.2, -0.15) is 0 Å². The summed E-state index contributed by atoms with van der Waals surface area (Å²) in [5.41, 5.74) is 0.998. The predicted molar refractivity (Wildman–Crippen MR) is 79.4 cm³/mol. The van der Waals surface area contributed by atoms with Gasteiger partial charge in [0, 0.05) is 11.8 Å². The first-order valence-electron chi connectivity index (χ1n) is 7.54. The standard InChI is InChI=1S/C16H25NO3/c1-3-5-6-7-8-9-10-20-15-12-13(16(18)19)11-14(4-2)17-15/h11-12H,3-10H2,1-2H3,(H,18,19). The highest BCUT2D eigenvalue weighted by Crippen LogP contribution is 2.14. The molecule has 0 aromatic carbocycles. The van der Waals surface area contributed by atoms with E-state index in [4.69, 9.17) is 9.84 Å². The maximum atomic E-state index is 11.0. The van der Waals surface area contributed by atoms with Crippen LogP contribution in [0, 0.1) is 0 Å². The van der Waals surface area contributed by atoms with Crippen LogP contribution in [0.4, 0.5) is 0 Å². The summed E-state index contributed by atoms with van der Waals surface area (Å²) >= 11 is 0. The summed E-state index contributed by atoms with van der Waals surface area (Å²) in [7, 11) is 0. The number of hydrogen-bond donors (Lipinski definition) is 1. The quantitative estimate of drug-likeness (QED) is 0.655. The molecular weight excluding hydrogens is 254 g/mol. The number of aromatic carboxylic acids is 1. The van der Waals surface area contributed by atoms with Gasteiger partial charge in [-0.3, -0.25) is 0 Å². The van der Waals surface area contributed by atoms with Crippen molar-refractivity contribution in [3.05, 3.63) is 23.4 Å². The minimum absolute atomic E-state index is 0.245. The Kier molecular flexibility index (Phi) is 7.70. The van der Waals surface area contributed by atoms with E-state index in [-0.39, 0.29) is 5.56 Å². The number of ether oxygens (including phenoxy) is 1. The summed E-state index contributed by atoms with van der Waals surface area (Å²) < 4.78 is 5.57. The van der Waals surface area contributed by atoms with E-state index in [1.54, 1.807) is 6.07 Å². The Bertz CT molecular complexity index is 418. The Morgan fingerprint density at radius 1 is 1.15 bits per heavy atom. The number of carbonyl (C=O) groups is 1. The molecule has 0 atom stereocenters. The summed E-state index contributed by atoms with van der Waals surface area (Å²) in [6.07, 6.45) is 7.91. The number of nitrogens with zero attached hydrogens (tertiary/aromatic N) is 1. The molecule has 0 saturated heterocycles. The van der Waals surface area contributed by atoms with Crippen molar-refractivity contribution in [1.29, 1.82) is 0 Å². The molecule has 0 bridgehead atoms. The molecule has 20 heavy (non-hydrogen) atoms. The number of aryl methyl sites for hydroxylation is 1. The monoisotopic (exact) mass is 279 g/mol. The molecule has 112 valence electrons. The van der Waals surface area contributed by atoms with Gasteiger partial charge in [-0.05, 0) is 18.9 Å². The van der Waals surface area contributed by atoms with Crippen LogP contribution in [-0.4, -0.2) is 22.7 Å². The van der Waals surface area contributed by atoms with Crippen LogP contribution in [-0.2, 0) is 6.42 Å². The van der Waals surface area contributed by atoms with Crippen molar-refractivity contribution in [2.24, 2.45) is 0 Å². The minimum Gasteiger partial charge on any atom is -0.478 e. The second-order valence-electron chi connectivity index (χ2n) is 4.96. The van der Waals surface area contributed by atoms with Gasteiger partial charge >= 0.3 is 5.97 Å². The first-order chi connectivity index (χ1) is 9.67. The van der Waals surface area contributed by atoms with E-state index in [1.807, 2.05) is 6.92 Å². The Morgan fingerprint density at radius 2 is 1.85 bits per heavy atom. The number of carboxylic acid groups (broad SMARTS) is 1. The van der Waals surface area contributed by atoms with Gasteiger partial charge in [0.25, 0.3) is 0 Å². The van der Waals surface area contributed by atoms with Crippen molar-refractivity contribution in [2.45, 2.75) is 58.8 Å². The van der Waals surface area contributed by atoms with Crippen LogP contribution in [0.5, 0.6) is 5.88 Å². The van der Waals surface area contributed by atoms with Crippen molar-refractivity contribution in [1.82, 2.24) is 4.98 Å². The minimum atomic E-state index is -0.938. The molecule has 4 heteroatoms. The molecule has 1 heterocycles. The molecule has 0 unspecified atom stereocenters. The molecule has 0 amide bonds. The highest BCUT2D eigenvalue weighted by Gasteiger charge is 2.08. The van der Waals surface area contributed by atoms with Crippen molar-refractivity contribution in [3.63, 3.8) is 0 Å². The van der Waals surface area contributed by atoms with Gasteiger partial charge < -0.3 is 9.84 Å².